The van der Waals surface area contributed by atoms with Crippen molar-refractivity contribution in [2.75, 3.05) is 25.0 Å². The minimum absolute atomic E-state index is 0. The maximum absolute atomic E-state index is 11.9. The minimum Gasteiger partial charge on any atom is -0.491 e. The number of unbranched alkanes of at least 4 members (excludes halogenated alkanes) is 1. The first-order valence-electron chi connectivity index (χ1n) is 7.52. The molecule has 0 unspecified atom stereocenters. The number of ether oxygens (including phenoxy) is 1. The molecule has 0 atom stereocenters. The molecule has 1 aliphatic rings. The van der Waals surface area contributed by atoms with Crippen molar-refractivity contribution in [2.24, 2.45) is 5.92 Å². The SMILES string of the molecule is CCCCOc1ccccc1NC(=O)CNCC1CC1.Cl. The van der Waals surface area contributed by atoms with Crippen molar-refractivity contribution in [1.29, 1.82) is 0 Å². The lowest BCUT2D eigenvalue weighted by atomic mass is 10.3. The van der Waals surface area contributed by atoms with Gasteiger partial charge in [-0.25, -0.2) is 0 Å². The van der Waals surface area contributed by atoms with Gasteiger partial charge in [0, 0.05) is 0 Å². The predicted octanol–water partition coefficient (Wildman–Crippen LogP) is 3.23. The molecule has 0 radical (unpaired) electrons. The number of nitrogens with one attached hydrogen (secondary N) is 2. The zero-order valence-corrected chi connectivity index (χ0v) is 13.4. The maximum Gasteiger partial charge on any atom is 0.238 e. The Bertz CT molecular complexity index is 436. The summed E-state index contributed by atoms with van der Waals surface area (Å²) in [6.45, 7) is 4.12. The molecule has 0 aliphatic heterocycles. The molecule has 1 fully saturated rings. The average molecular weight is 313 g/mol. The van der Waals surface area contributed by atoms with Crippen LogP contribution in [0.4, 0.5) is 5.69 Å². The molecular formula is C16H25ClN2O2. The van der Waals surface area contributed by atoms with Crippen molar-refractivity contribution >= 4 is 24.0 Å². The highest BCUT2D eigenvalue weighted by atomic mass is 35.5. The van der Waals surface area contributed by atoms with Gasteiger partial charge in [-0.05, 0) is 43.9 Å². The summed E-state index contributed by atoms with van der Waals surface area (Å²) in [6, 6.07) is 7.59. The molecule has 0 spiro atoms. The van der Waals surface area contributed by atoms with Crippen LogP contribution in [0.15, 0.2) is 24.3 Å². The molecular weight excluding hydrogens is 288 g/mol. The minimum atomic E-state index is -0.0165. The molecule has 2 N–H and O–H groups in total. The number of carbonyl (C=O) groups is 1. The van der Waals surface area contributed by atoms with Crippen molar-refractivity contribution in [3.8, 4) is 5.75 Å². The first kappa shape index (κ1) is 17.8. The van der Waals surface area contributed by atoms with Crippen molar-refractivity contribution < 1.29 is 9.53 Å². The molecule has 4 nitrogen and oxygen atoms in total. The van der Waals surface area contributed by atoms with E-state index in [1.54, 1.807) is 0 Å². The number of para-hydroxylation sites is 2. The molecule has 1 saturated carbocycles. The summed E-state index contributed by atoms with van der Waals surface area (Å²) >= 11 is 0. The Morgan fingerprint density at radius 3 is 2.81 bits per heavy atom. The molecule has 1 aliphatic carbocycles. The molecule has 2 rings (SSSR count). The summed E-state index contributed by atoms with van der Waals surface area (Å²) in [5.41, 5.74) is 0.752. The Kier molecular flexibility index (Phi) is 8.16. The lowest BCUT2D eigenvalue weighted by Crippen LogP contribution is -2.29. The standard InChI is InChI=1S/C16H24N2O2.ClH/c1-2-3-10-20-15-7-5-4-6-14(15)18-16(19)12-17-11-13-8-9-13;/h4-7,13,17H,2-3,8-12H2,1H3,(H,18,19);1H. The van der Waals surface area contributed by atoms with Gasteiger partial charge in [0.1, 0.15) is 5.75 Å². The van der Waals surface area contributed by atoms with Gasteiger partial charge in [-0.3, -0.25) is 4.79 Å². The smallest absolute Gasteiger partial charge is 0.238 e. The largest absolute Gasteiger partial charge is 0.491 e. The lowest BCUT2D eigenvalue weighted by Gasteiger charge is -2.12. The normalized spacial score (nSPS) is 13.4. The number of rotatable bonds is 9. The third-order valence-corrected chi connectivity index (χ3v) is 3.33. The molecule has 0 bridgehead atoms. The molecule has 5 heteroatoms. The fourth-order valence-corrected chi connectivity index (χ4v) is 1.93. The second kappa shape index (κ2) is 9.64. The van der Waals surface area contributed by atoms with Crippen LogP contribution in [-0.4, -0.2) is 25.6 Å². The zero-order chi connectivity index (χ0) is 14.2. The summed E-state index contributed by atoms with van der Waals surface area (Å²) < 4.78 is 5.70. The Labute approximate surface area is 133 Å². The van der Waals surface area contributed by atoms with E-state index in [1.165, 1.54) is 12.8 Å². The van der Waals surface area contributed by atoms with Gasteiger partial charge in [0.25, 0.3) is 0 Å². The number of anilines is 1. The van der Waals surface area contributed by atoms with Crippen LogP contribution in [0, 0.1) is 5.92 Å². The molecule has 0 aromatic heterocycles. The topological polar surface area (TPSA) is 50.4 Å². The van der Waals surface area contributed by atoms with Crippen LogP contribution in [0.1, 0.15) is 32.6 Å². The van der Waals surface area contributed by atoms with E-state index in [-0.39, 0.29) is 18.3 Å². The molecule has 1 amide bonds. The van der Waals surface area contributed by atoms with Crippen LogP contribution in [0.25, 0.3) is 0 Å². The number of amides is 1. The van der Waals surface area contributed by atoms with E-state index in [2.05, 4.69) is 17.6 Å². The molecule has 1 aromatic rings. The monoisotopic (exact) mass is 312 g/mol. The number of hydrogen-bond donors (Lipinski definition) is 2. The van der Waals surface area contributed by atoms with Crippen molar-refractivity contribution in [3.05, 3.63) is 24.3 Å². The maximum atomic E-state index is 11.9. The Hall–Kier alpha value is -1.26. The zero-order valence-electron chi connectivity index (χ0n) is 12.6. The highest BCUT2D eigenvalue weighted by Gasteiger charge is 2.20. The van der Waals surface area contributed by atoms with Gasteiger partial charge in [0.05, 0.1) is 18.8 Å². The second-order valence-corrected chi connectivity index (χ2v) is 5.32. The van der Waals surface area contributed by atoms with Crippen molar-refractivity contribution in [2.45, 2.75) is 32.6 Å². The summed E-state index contributed by atoms with van der Waals surface area (Å²) in [6.07, 6.45) is 4.70. The molecule has 0 heterocycles. The van der Waals surface area contributed by atoms with E-state index in [9.17, 15) is 4.79 Å². The number of halogens is 1. The van der Waals surface area contributed by atoms with Gasteiger partial charge in [0.2, 0.25) is 5.91 Å². The van der Waals surface area contributed by atoms with Crippen molar-refractivity contribution in [1.82, 2.24) is 5.32 Å². The summed E-state index contributed by atoms with van der Waals surface area (Å²) in [7, 11) is 0. The lowest BCUT2D eigenvalue weighted by molar-refractivity contribution is -0.115. The first-order valence-corrected chi connectivity index (χ1v) is 7.52. The third-order valence-electron chi connectivity index (χ3n) is 3.33. The number of benzene rings is 1. The van der Waals surface area contributed by atoms with Crippen LogP contribution in [-0.2, 0) is 4.79 Å². The predicted molar refractivity (Wildman–Crippen MR) is 88.3 cm³/mol. The van der Waals surface area contributed by atoms with Gasteiger partial charge >= 0.3 is 0 Å². The fourth-order valence-electron chi connectivity index (χ4n) is 1.93. The highest BCUT2D eigenvalue weighted by Crippen LogP contribution is 2.27. The van der Waals surface area contributed by atoms with Crippen LogP contribution in [0.2, 0.25) is 0 Å². The van der Waals surface area contributed by atoms with Crippen LogP contribution >= 0.6 is 12.4 Å². The quantitative estimate of drug-likeness (QED) is 0.688. The van der Waals surface area contributed by atoms with E-state index in [0.717, 1.165) is 36.7 Å². The molecule has 118 valence electrons. The van der Waals surface area contributed by atoms with E-state index < -0.39 is 0 Å². The van der Waals surface area contributed by atoms with Crippen LogP contribution in [0.5, 0.6) is 5.75 Å². The van der Waals surface area contributed by atoms with Gasteiger partial charge in [-0.15, -0.1) is 12.4 Å². The van der Waals surface area contributed by atoms with E-state index in [4.69, 9.17) is 4.74 Å². The Morgan fingerprint density at radius 1 is 1.33 bits per heavy atom. The van der Waals surface area contributed by atoms with E-state index >= 15 is 0 Å². The second-order valence-electron chi connectivity index (χ2n) is 5.32. The fraction of sp³-hybridized carbons (Fsp3) is 0.562. The van der Waals surface area contributed by atoms with E-state index in [0.29, 0.717) is 13.2 Å². The summed E-state index contributed by atoms with van der Waals surface area (Å²) in [4.78, 5) is 11.9. The van der Waals surface area contributed by atoms with Crippen LogP contribution < -0.4 is 15.4 Å². The molecule has 21 heavy (non-hydrogen) atoms. The Morgan fingerprint density at radius 2 is 2.10 bits per heavy atom. The number of hydrogen-bond acceptors (Lipinski definition) is 3. The summed E-state index contributed by atoms with van der Waals surface area (Å²) in [5.74, 6) is 1.51. The third kappa shape index (κ3) is 6.82. The van der Waals surface area contributed by atoms with Gasteiger partial charge in [-0.2, -0.15) is 0 Å². The van der Waals surface area contributed by atoms with Gasteiger partial charge < -0.3 is 15.4 Å². The van der Waals surface area contributed by atoms with Crippen LogP contribution in [0.3, 0.4) is 0 Å². The van der Waals surface area contributed by atoms with Gasteiger partial charge in [0.15, 0.2) is 0 Å². The van der Waals surface area contributed by atoms with Crippen molar-refractivity contribution in [3.63, 3.8) is 0 Å². The average Bonchev–Trinajstić information content (AvgIpc) is 3.25. The Balaban J connectivity index is 0.00000220. The van der Waals surface area contributed by atoms with Gasteiger partial charge in [-0.1, -0.05) is 25.5 Å². The number of carbonyl (C=O) groups excluding carboxylic acids is 1. The first-order chi connectivity index (χ1) is 9.79. The summed E-state index contributed by atoms with van der Waals surface area (Å²) in [5, 5.41) is 6.09. The molecule has 1 aromatic carbocycles. The van der Waals surface area contributed by atoms with E-state index in [1.807, 2.05) is 24.3 Å². The highest BCUT2D eigenvalue weighted by molar-refractivity contribution is 5.93. The molecule has 0 saturated heterocycles.